The highest BCUT2D eigenvalue weighted by atomic mass is 28.4. The Morgan fingerprint density at radius 2 is 2.10 bits per heavy atom. The van der Waals surface area contributed by atoms with Crippen molar-refractivity contribution in [3.05, 3.63) is 23.8 Å². The minimum atomic E-state index is -1.62. The molecule has 0 aromatic heterocycles. The van der Waals surface area contributed by atoms with E-state index in [0.29, 0.717) is 6.61 Å². The van der Waals surface area contributed by atoms with Gasteiger partial charge in [-0.05, 0) is 44.8 Å². The number of fused-ring (bicyclic) bond motifs is 3. The summed E-state index contributed by atoms with van der Waals surface area (Å²) in [6, 6.07) is 5.91. The van der Waals surface area contributed by atoms with E-state index in [1.54, 1.807) is 0 Å². The highest BCUT2D eigenvalue weighted by Gasteiger charge is 2.63. The van der Waals surface area contributed by atoms with Crippen molar-refractivity contribution in [2.45, 2.75) is 38.6 Å². The number of carbonyl (C=O) groups is 1. The average molecular weight is 292 g/mol. The van der Waals surface area contributed by atoms with Crippen LogP contribution in [-0.2, 0) is 9.53 Å². The summed E-state index contributed by atoms with van der Waals surface area (Å²) in [4.78, 5) is 11.8. The van der Waals surface area contributed by atoms with Gasteiger partial charge in [0.05, 0.1) is 6.61 Å². The summed E-state index contributed by atoms with van der Waals surface area (Å²) in [5, 5.41) is 0. The number of carbonyl (C=O) groups excluding carboxylic acids is 1. The third-order valence-electron chi connectivity index (χ3n) is 3.54. The summed E-state index contributed by atoms with van der Waals surface area (Å²) in [7, 11) is -1.62. The van der Waals surface area contributed by atoms with Crippen LogP contribution >= 0.6 is 0 Å². The number of hydrogen-bond donors (Lipinski definition) is 0. The first-order valence-corrected chi connectivity index (χ1v) is 10.5. The maximum Gasteiger partial charge on any atom is 0.313 e. The molecule has 2 aliphatic rings. The predicted octanol–water partition coefficient (Wildman–Crippen LogP) is 2.94. The van der Waals surface area contributed by atoms with E-state index in [1.807, 2.05) is 25.1 Å². The minimum absolute atomic E-state index is 0.0359. The van der Waals surface area contributed by atoms with Crippen molar-refractivity contribution in [1.82, 2.24) is 0 Å². The number of benzene rings is 1. The third kappa shape index (κ3) is 2.30. The van der Waals surface area contributed by atoms with E-state index >= 15 is 0 Å². The summed E-state index contributed by atoms with van der Waals surface area (Å²) in [6.07, 6.45) is -0.0359. The van der Waals surface area contributed by atoms with Crippen molar-refractivity contribution in [1.29, 1.82) is 0 Å². The summed E-state index contributed by atoms with van der Waals surface area (Å²) in [5.74, 6) is 1.62. The normalized spacial score (nSPS) is 26.3. The molecular weight excluding hydrogens is 272 g/mol. The zero-order valence-corrected chi connectivity index (χ0v) is 13.3. The van der Waals surface area contributed by atoms with Crippen molar-refractivity contribution < 1.29 is 18.7 Å². The van der Waals surface area contributed by atoms with Gasteiger partial charge in [-0.25, -0.2) is 0 Å². The molecule has 5 heteroatoms. The molecule has 1 aliphatic heterocycles. The standard InChI is InChI=1S/C15H20O4Si/c1-5-17-15(16)13-12-10-8-9(19-20(2,3)4)6-7-11(10)18-14(12)13/h6-8,12-14H,5H2,1-4H3/t12-,13?,14?/m0/s1. The second kappa shape index (κ2) is 4.51. The highest BCUT2D eigenvalue weighted by molar-refractivity contribution is 6.70. The van der Waals surface area contributed by atoms with Gasteiger partial charge in [-0.15, -0.1) is 0 Å². The lowest BCUT2D eigenvalue weighted by Gasteiger charge is -2.20. The smallest absolute Gasteiger partial charge is 0.313 e. The minimum Gasteiger partial charge on any atom is -0.544 e. The van der Waals surface area contributed by atoms with Crippen molar-refractivity contribution in [2.24, 2.45) is 5.92 Å². The summed E-state index contributed by atoms with van der Waals surface area (Å²) >= 11 is 0. The molecule has 0 spiro atoms. The number of hydrogen-bond acceptors (Lipinski definition) is 4. The largest absolute Gasteiger partial charge is 0.544 e. The Morgan fingerprint density at radius 1 is 1.35 bits per heavy atom. The third-order valence-corrected chi connectivity index (χ3v) is 4.39. The first-order valence-electron chi connectivity index (χ1n) is 7.07. The lowest BCUT2D eigenvalue weighted by Crippen LogP contribution is -2.29. The molecule has 2 unspecified atom stereocenters. The molecule has 1 fully saturated rings. The molecular formula is C15H20O4Si. The summed E-state index contributed by atoms with van der Waals surface area (Å²) in [6.45, 7) is 8.69. The SMILES string of the molecule is CCOC(=O)C1C2Oc3ccc(O[Si](C)(C)C)cc3[C@H]21. The molecule has 1 aliphatic carbocycles. The number of ether oxygens (including phenoxy) is 2. The van der Waals surface area contributed by atoms with E-state index in [4.69, 9.17) is 13.9 Å². The van der Waals surface area contributed by atoms with Gasteiger partial charge in [0.15, 0.2) is 0 Å². The van der Waals surface area contributed by atoms with Gasteiger partial charge in [-0.3, -0.25) is 4.79 Å². The van der Waals surface area contributed by atoms with Gasteiger partial charge in [-0.1, -0.05) is 0 Å². The van der Waals surface area contributed by atoms with Crippen LogP contribution in [0.25, 0.3) is 0 Å². The maximum atomic E-state index is 11.8. The average Bonchev–Trinajstić information content (AvgIpc) is 2.93. The molecule has 4 nitrogen and oxygen atoms in total. The molecule has 0 bridgehead atoms. The fourth-order valence-electron chi connectivity index (χ4n) is 2.78. The van der Waals surface area contributed by atoms with Crippen LogP contribution in [0.4, 0.5) is 0 Å². The Kier molecular flexibility index (Phi) is 3.04. The Balaban J connectivity index is 1.79. The molecule has 1 saturated carbocycles. The van der Waals surface area contributed by atoms with Gasteiger partial charge in [0.2, 0.25) is 8.32 Å². The Morgan fingerprint density at radius 3 is 2.75 bits per heavy atom. The summed E-state index contributed by atoms with van der Waals surface area (Å²) < 4.78 is 16.9. The van der Waals surface area contributed by atoms with Gasteiger partial charge < -0.3 is 13.9 Å². The Hall–Kier alpha value is -1.49. The molecule has 0 saturated heterocycles. The fraction of sp³-hybridized carbons (Fsp3) is 0.533. The van der Waals surface area contributed by atoms with Crippen LogP contribution in [0.2, 0.25) is 19.6 Å². The molecule has 3 rings (SSSR count). The molecule has 20 heavy (non-hydrogen) atoms. The second-order valence-electron chi connectivity index (χ2n) is 6.30. The zero-order chi connectivity index (χ0) is 14.5. The van der Waals surface area contributed by atoms with E-state index in [0.717, 1.165) is 17.1 Å². The van der Waals surface area contributed by atoms with Crippen molar-refractivity contribution >= 4 is 14.3 Å². The molecule has 108 valence electrons. The predicted molar refractivity (Wildman–Crippen MR) is 77.7 cm³/mol. The maximum absolute atomic E-state index is 11.8. The van der Waals surface area contributed by atoms with Crippen molar-refractivity contribution in [2.75, 3.05) is 6.61 Å². The number of esters is 1. The van der Waals surface area contributed by atoms with Crippen LogP contribution in [-0.4, -0.2) is 27.0 Å². The molecule has 1 heterocycles. The first kappa shape index (κ1) is 13.5. The van der Waals surface area contributed by atoms with Gasteiger partial charge in [0.1, 0.15) is 23.5 Å². The van der Waals surface area contributed by atoms with E-state index in [9.17, 15) is 4.79 Å². The summed E-state index contributed by atoms with van der Waals surface area (Å²) in [5.41, 5.74) is 1.09. The first-order chi connectivity index (χ1) is 9.40. The van der Waals surface area contributed by atoms with Crippen LogP contribution < -0.4 is 9.16 Å². The van der Waals surface area contributed by atoms with E-state index < -0.39 is 8.32 Å². The number of rotatable bonds is 4. The monoisotopic (exact) mass is 292 g/mol. The van der Waals surface area contributed by atoms with Crippen molar-refractivity contribution in [3.8, 4) is 11.5 Å². The lowest BCUT2D eigenvalue weighted by molar-refractivity contribution is -0.145. The molecule has 1 aromatic rings. The van der Waals surface area contributed by atoms with Crippen LogP contribution in [0.3, 0.4) is 0 Å². The van der Waals surface area contributed by atoms with Gasteiger partial charge >= 0.3 is 5.97 Å². The van der Waals surface area contributed by atoms with Gasteiger partial charge in [0.25, 0.3) is 0 Å². The van der Waals surface area contributed by atoms with E-state index in [2.05, 4.69) is 19.6 Å². The Bertz CT molecular complexity index is 549. The highest BCUT2D eigenvalue weighted by Crippen LogP contribution is 2.59. The van der Waals surface area contributed by atoms with E-state index in [-0.39, 0.29) is 23.9 Å². The molecule has 0 N–H and O–H groups in total. The van der Waals surface area contributed by atoms with Crippen LogP contribution in [0.1, 0.15) is 18.4 Å². The topological polar surface area (TPSA) is 44.8 Å². The fourth-order valence-corrected chi connectivity index (χ4v) is 3.61. The van der Waals surface area contributed by atoms with Crippen LogP contribution in [0, 0.1) is 5.92 Å². The van der Waals surface area contributed by atoms with Crippen LogP contribution in [0.15, 0.2) is 18.2 Å². The second-order valence-corrected chi connectivity index (χ2v) is 10.7. The van der Waals surface area contributed by atoms with Crippen molar-refractivity contribution in [3.63, 3.8) is 0 Å². The lowest BCUT2D eigenvalue weighted by atomic mass is 10.1. The Labute approximate surface area is 120 Å². The van der Waals surface area contributed by atoms with E-state index in [1.165, 1.54) is 0 Å². The van der Waals surface area contributed by atoms with Gasteiger partial charge in [0, 0.05) is 11.5 Å². The molecule has 3 atom stereocenters. The molecule has 1 aromatic carbocycles. The molecule has 0 radical (unpaired) electrons. The van der Waals surface area contributed by atoms with Gasteiger partial charge in [-0.2, -0.15) is 0 Å². The quantitative estimate of drug-likeness (QED) is 0.632. The van der Waals surface area contributed by atoms with Crippen LogP contribution in [0.5, 0.6) is 11.5 Å². The zero-order valence-electron chi connectivity index (χ0n) is 12.3. The molecule has 0 amide bonds.